The molecule has 0 N–H and O–H groups in total. The Bertz CT molecular complexity index is 851. The van der Waals surface area contributed by atoms with E-state index in [1.807, 2.05) is 61.5 Å². The predicted octanol–water partition coefficient (Wildman–Crippen LogP) is 4.22. The largest absolute Gasteiger partial charge is 0.361 e. The SMILES string of the molecule is Cc1ncsc1CN(Cc1ccccc1)C(=O)CCc1c(C)noc1C. The van der Waals surface area contributed by atoms with E-state index in [1.54, 1.807) is 11.3 Å². The van der Waals surface area contributed by atoms with Crippen LogP contribution in [0.5, 0.6) is 0 Å². The van der Waals surface area contributed by atoms with Gasteiger partial charge in [-0.1, -0.05) is 35.5 Å². The van der Waals surface area contributed by atoms with Gasteiger partial charge in [0.25, 0.3) is 0 Å². The molecule has 1 amide bonds. The van der Waals surface area contributed by atoms with Gasteiger partial charge < -0.3 is 9.42 Å². The van der Waals surface area contributed by atoms with E-state index < -0.39 is 0 Å². The Kier molecular flexibility index (Phi) is 5.83. The highest BCUT2D eigenvalue weighted by atomic mass is 32.1. The number of amides is 1. The van der Waals surface area contributed by atoms with Crippen LogP contribution in [0.2, 0.25) is 0 Å². The molecule has 0 radical (unpaired) electrons. The summed E-state index contributed by atoms with van der Waals surface area (Å²) in [5.74, 6) is 0.921. The van der Waals surface area contributed by atoms with E-state index in [-0.39, 0.29) is 5.91 Å². The molecule has 0 bridgehead atoms. The van der Waals surface area contributed by atoms with Crippen molar-refractivity contribution >= 4 is 17.2 Å². The topological polar surface area (TPSA) is 59.2 Å². The first-order chi connectivity index (χ1) is 12.5. The second-order valence-electron chi connectivity index (χ2n) is 6.40. The zero-order valence-corrected chi connectivity index (χ0v) is 16.2. The van der Waals surface area contributed by atoms with Crippen LogP contribution >= 0.6 is 11.3 Å². The number of aromatic nitrogens is 2. The van der Waals surface area contributed by atoms with E-state index in [4.69, 9.17) is 4.52 Å². The highest BCUT2D eigenvalue weighted by molar-refractivity contribution is 7.09. The molecule has 0 aliphatic carbocycles. The van der Waals surface area contributed by atoms with Crippen LogP contribution in [0.1, 0.15) is 39.6 Å². The molecule has 136 valence electrons. The van der Waals surface area contributed by atoms with Gasteiger partial charge in [-0.3, -0.25) is 4.79 Å². The third-order valence-corrected chi connectivity index (χ3v) is 5.44. The summed E-state index contributed by atoms with van der Waals surface area (Å²) in [6.45, 7) is 6.98. The normalized spacial score (nSPS) is 10.9. The van der Waals surface area contributed by atoms with Crippen LogP contribution in [0.25, 0.3) is 0 Å². The van der Waals surface area contributed by atoms with E-state index in [0.717, 1.165) is 33.2 Å². The molecule has 0 saturated carbocycles. The summed E-state index contributed by atoms with van der Waals surface area (Å²) >= 11 is 1.60. The van der Waals surface area contributed by atoms with Crippen molar-refractivity contribution in [2.24, 2.45) is 0 Å². The number of carbonyl (C=O) groups excluding carboxylic acids is 1. The second-order valence-corrected chi connectivity index (χ2v) is 7.34. The summed E-state index contributed by atoms with van der Waals surface area (Å²) in [7, 11) is 0. The summed E-state index contributed by atoms with van der Waals surface area (Å²) in [5, 5.41) is 3.97. The molecule has 26 heavy (non-hydrogen) atoms. The number of hydrogen-bond acceptors (Lipinski definition) is 5. The van der Waals surface area contributed by atoms with Crippen LogP contribution in [0.4, 0.5) is 0 Å². The Morgan fingerprint density at radius 3 is 2.50 bits per heavy atom. The van der Waals surface area contributed by atoms with Crippen LogP contribution in [0.3, 0.4) is 0 Å². The number of nitrogens with zero attached hydrogens (tertiary/aromatic N) is 3. The zero-order chi connectivity index (χ0) is 18.5. The standard InChI is InChI=1S/C20H23N3O2S/c1-14-18(16(3)25-22-14)9-10-20(24)23(11-17-7-5-4-6-8-17)12-19-15(2)21-13-26-19/h4-8,13H,9-12H2,1-3H3. The third kappa shape index (κ3) is 4.38. The third-order valence-electron chi connectivity index (χ3n) is 4.52. The van der Waals surface area contributed by atoms with Crippen molar-refractivity contribution in [3.63, 3.8) is 0 Å². The van der Waals surface area contributed by atoms with Crippen molar-refractivity contribution in [2.75, 3.05) is 0 Å². The summed E-state index contributed by atoms with van der Waals surface area (Å²) < 4.78 is 5.20. The lowest BCUT2D eigenvalue weighted by molar-refractivity contribution is -0.132. The summed E-state index contributed by atoms with van der Waals surface area (Å²) in [6, 6.07) is 10.1. The predicted molar refractivity (Wildman–Crippen MR) is 102 cm³/mol. The highest BCUT2D eigenvalue weighted by Crippen LogP contribution is 2.20. The first-order valence-corrected chi connectivity index (χ1v) is 9.55. The lowest BCUT2D eigenvalue weighted by Gasteiger charge is -2.22. The van der Waals surface area contributed by atoms with E-state index in [9.17, 15) is 4.79 Å². The van der Waals surface area contributed by atoms with Gasteiger partial charge in [0.05, 0.1) is 23.4 Å². The summed E-state index contributed by atoms with van der Waals surface area (Å²) in [4.78, 5) is 20.3. The van der Waals surface area contributed by atoms with E-state index in [2.05, 4.69) is 10.1 Å². The first kappa shape index (κ1) is 18.3. The number of benzene rings is 1. The molecule has 0 aliphatic rings. The van der Waals surface area contributed by atoms with Gasteiger partial charge >= 0.3 is 0 Å². The van der Waals surface area contributed by atoms with Gasteiger partial charge in [0, 0.05) is 23.4 Å². The maximum Gasteiger partial charge on any atom is 0.223 e. The molecule has 0 saturated heterocycles. The first-order valence-electron chi connectivity index (χ1n) is 8.67. The Morgan fingerprint density at radius 1 is 1.12 bits per heavy atom. The molecule has 0 spiro atoms. The highest BCUT2D eigenvalue weighted by Gasteiger charge is 2.18. The fourth-order valence-electron chi connectivity index (χ4n) is 2.94. The fraction of sp³-hybridized carbons (Fsp3) is 0.350. The Balaban J connectivity index is 1.73. The van der Waals surface area contributed by atoms with Crippen LogP contribution in [0.15, 0.2) is 40.4 Å². The fourth-order valence-corrected chi connectivity index (χ4v) is 3.73. The molecule has 0 unspecified atom stereocenters. The Hall–Kier alpha value is -2.47. The molecule has 2 aromatic heterocycles. The van der Waals surface area contributed by atoms with Crippen LogP contribution in [-0.2, 0) is 24.3 Å². The van der Waals surface area contributed by atoms with Gasteiger partial charge in [-0.05, 0) is 32.8 Å². The average molecular weight is 369 g/mol. The molecule has 1 aromatic carbocycles. The van der Waals surface area contributed by atoms with Gasteiger partial charge in [0.2, 0.25) is 5.91 Å². The Morgan fingerprint density at radius 2 is 1.88 bits per heavy atom. The van der Waals surface area contributed by atoms with Crippen molar-refractivity contribution in [3.8, 4) is 0 Å². The number of aryl methyl sites for hydroxylation is 3. The molecular weight excluding hydrogens is 346 g/mol. The van der Waals surface area contributed by atoms with Gasteiger partial charge in [-0.25, -0.2) is 4.98 Å². The molecular formula is C20H23N3O2S. The van der Waals surface area contributed by atoms with Gasteiger partial charge in [-0.15, -0.1) is 11.3 Å². The van der Waals surface area contributed by atoms with E-state index >= 15 is 0 Å². The van der Waals surface area contributed by atoms with Crippen molar-refractivity contribution < 1.29 is 9.32 Å². The molecule has 5 nitrogen and oxygen atoms in total. The van der Waals surface area contributed by atoms with Crippen LogP contribution in [-0.4, -0.2) is 20.9 Å². The molecule has 3 aromatic rings. The van der Waals surface area contributed by atoms with Crippen LogP contribution < -0.4 is 0 Å². The molecule has 0 atom stereocenters. The van der Waals surface area contributed by atoms with Gasteiger partial charge in [-0.2, -0.15) is 0 Å². The zero-order valence-electron chi connectivity index (χ0n) is 15.4. The molecule has 0 aliphatic heterocycles. The van der Waals surface area contributed by atoms with Gasteiger partial charge in [0.1, 0.15) is 5.76 Å². The van der Waals surface area contributed by atoms with Crippen LogP contribution in [0, 0.1) is 20.8 Å². The number of thiazole rings is 1. The van der Waals surface area contributed by atoms with Crippen molar-refractivity contribution in [2.45, 2.75) is 46.7 Å². The lowest BCUT2D eigenvalue weighted by Crippen LogP contribution is -2.30. The Labute approximate surface area is 157 Å². The van der Waals surface area contributed by atoms with E-state index in [0.29, 0.717) is 25.9 Å². The second kappa shape index (κ2) is 8.27. The maximum absolute atomic E-state index is 13.0. The van der Waals surface area contributed by atoms with E-state index in [1.165, 1.54) is 0 Å². The molecule has 3 rings (SSSR count). The summed E-state index contributed by atoms with van der Waals surface area (Å²) in [6.07, 6.45) is 1.08. The number of rotatable bonds is 7. The molecule has 0 fully saturated rings. The van der Waals surface area contributed by atoms with Crippen molar-refractivity contribution in [1.29, 1.82) is 0 Å². The van der Waals surface area contributed by atoms with Gasteiger partial charge in [0.15, 0.2) is 0 Å². The van der Waals surface area contributed by atoms with Crippen molar-refractivity contribution in [1.82, 2.24) is 15.0 Å². The number of carbonyl (C=O) groups is 1. The maximum atomic E-state index is 13.0. The minimum Gasteiger partial charge on any atom is -0.361 e. The monoisotopic (exact) mass is 369 g/mol. The summed E-state index contributed by atoms with van der Waals surface area (Å²) in [5.41, 5.74) is 5.85. The molecule has 2 heterocycles. The minimum atomic E-state index is 0.127. The average Bonchev–Trinajstić information content (AvgIpc) is 3.18. The minimum absolute atomic E-state index is 0.127. The quantitative estimate of drug-likeness (QED) is 0.626. The lowest BCUT2D eigenvalue weighted by atomic mass is 10.1. The smallest absolute Gasteiger partial charge is 0.223 e. The van der Waals surface area contributed by atoms with Crippen molar-refractivity contribution in [3.05, 3.63) is 69.0 Å². The number of hydrogen-bond donors (Lipinski definition) is 0. The molecule has 6 heteroatoms.